The van der Waals surface area contributed by atoms with Crippen LogP contribution in [0.5, 0.6) is 11.5 Å². The zero-order valence-electron chi connectivity index (χ0n) is 17.1. The fourth-order valence-electron chi connectivity index (χ4n) is 3.67. The van der Waals surface area contributed by atoms with Crippen LogP contribution in [0.3, 0.4) is 0 Å². The van der Waals surface area contributed by atoms with Crippen LogP contribution in [0.25, 0.3) is 0 Å². The summed E-state index contributed by atoms with van der Waals surface area (Å²) in [6.07, 6.45) is 4.29. The maximum absolute atomic E-state index is 12.4. The van der Waals surface area contributed by atoms with Crippen LogP contribution in [-0.4, -0.2) is 55.1 Å². The Morgan fingerprint density at radius 2 is 1.79 bits per heavy atom. The Hall–Kier alpha value is -3.00. The molecule has 1 unspecified atom stereocenters. The van der Waals surface area contributed by atoms with Crippen molar-refractivity contribution in [3.63, 3.8) is 0 Å². The Bertz CT molecular complexity index is 858. The first-order chi connectivity index (χ1) is 14.0. The number of hydrogen-bond acceptors (Lipinski definition) is 5. The maximum Gasteiger partial charge on any atom is 0.313 e. The molecule has 0 saturated carbocycles. The first-order valence-corrected chi connectivity index (χ1v) is 9.70. The quantitative estimate of drug-likeness (QED) is 0.694. The van der Waals surface area contributed by atoms with Crippen molar-refractivity contribution in [3.05, 3.63) is 42.2 Å². The molecule has 1 aliphatic heterocycles. The lowest BCUT2D eigenvalue weighted by Gasteiger charge is -2.28. The molecule has 0 aliphatic carbocycles. The van der Waals surface area contributed by atoms with Crippen LogP contribution < -0.4 is 20.1 Å². The van der Waals surface area contributed by atoms with Crippen molar-refractivity contribution in [2.75, 3.05) is 39.2 Å². The number of carbonyl (C=O) groups excluding carboxylic acids is 2. The third-order valence-electron chi connectivity index (χ3n) is 5.21. The van der Waals surface area contributed by atoms with Gasteiger partial charge < -0.3 is 24.7 Å². The summed E-state index contributed by atoms with van der Waals surface area (Å²) >= 11 is 0. The summed E-state index contributed by atoms with van der Waals surface area (Å²) < 4.78 is 12.5. The molecule has 0 radical (unpaired) electrons. The number of aromatic nitrogens is 1. The Kier molecular flexibility index (Phi) is 6.77. The molecule has 0 bridgehead atoms. The molecule has 1 aliphatic rings. The molecule has 1 atom stereocenters. The minimum Gasteiger partial charge on any atom is -0.493 e. The Morgan fingerprint density at radius 1 is 1.07 bits per heavy atom. The predicted molar refractivity (Wildman–Crippen MR) is 110 cm³/mol. The normalized spacial score (nSPS) is 15.0. The Morgan fingerprint density at radius 3 is 2.41 bits per heavy atom. The standard InChI is InChI=1S/C21H28N4O4/c1-24-10-6-7-16(24)17(25-11-4-5-12-25)14-22-20(26)21(27)23-15-8-9-18(28-2)19(13-15)29-3/h6-10,13,17H,4-5,11-12,14H2,1-3H3,(H,22,26)(H,23,27). The van der Waals surface area contributed by atoms with Gasteiger partial charge >= 0.3 is 11.8 Å². The van der Waals surface area contributed by atoms with E-state index >= 15 is 0 Å². The summed E-state index contributed by atoms with van der Waals surface area (Å²) in [5.74, 6) is -0.364. The van der Waals surface area contributed by atoms with Gasteiger partial charge in [0.15, 0.2) is 11.5 Å². The largest absolute Gasteiger partial charge is 0.493 e. The summed E-state index contributed by atoms with van der Waals surface area (Å²) in [4.78, 5) is 27.1. The fraction of sp³-hybridized carbons (Fsp3) is 0.429. The van der Waals surface area contributed by atoms with E-state index in [9.17, 15) is 9.59 Å². The molecule has 1 fully saturated rings. The van der Waals surface area contributed by atoms with Crippen molar-refractivity contribution >= 4 is 17.5 Å². The second-order valence-electron chi connectivity index (χ2n) is 7.04. The lowest BCUT2D eigenvalue weighted by molar-refractivity contribution is -0.136. The predicted octanol–water partition coefficient (Wildman–Crippen LogP) is 1.93. The number of likely N-dealkylation sites (tertiary alicyclic amines) is 1. The molecule has 1 saturated heterocycles. The van der Waals surface area contributed by atoms with Gasteiger partial charge in [-0.15, -0.1) is 0 Å². The second-order valence-corrected chi connectivity index (χ2v) is 7.04. The van der Waals surface area contributed by atoms with Crippen molar-refractivity contribution in [3.8, 4) is 11.5 Å². The highest BCUT2D eigenvalue weighted by Gasteiger charge is 2.26. The number of aryl methyl sites for hydroxylation is 1. The fourth-order valence-corrected chi connectivity index (χ4v) is 3.67. The number of ether oxygens (including phenoxy) is 2. The number of nitrogens with zero attached hydrogens (tertiary/aromatic N) is 2. The molecule has 3 rings (SSSR count). The van der Waals surface area contributed by atoms with Crippen LogP contribution in [0.2, 0.25) is 0 Å². The molecule has 0 spiro atoms. The van der Waals surface area contributed by atoms with Gasteiger partial charge in [0.25, 0.3) is 0 Å². The molecule has 2 amide bonds. The van der Waals surface area contributed by atoms with E-state index in [2.05, 4.69) is 26.2 Å². The highest BCUT2D eigenvalue weighted by Crippen LogP contribution is 2.29. The summed E-state index contributed by atoms with van der Waals surface area (Å²) in [6.45, 7) is 2.35. The zero-order valence-corrected chi connectivity index (χ0v) is 17.1. The minimum atomic E-state index is -0.718. The summed E-state index contributed by atoms with van der Waals surface area (Å²) in [7, 11) is 5.04. The number of anilines is 1. The third-order valence-corrected chi connectivity index (χ3v) is 5.21. The monoisotopic (exact) mass is 400 g/mol. The van der Waals surface area contributed by atoms with E-state index in [1.165, 1.54) is 14.2 Å². The SMILES string of the molecule is COc1ccc(NC(=O)C(=O)NCC(c2cccn2C)N2CCCC2)cc1OC. The van der Waals surface area contributed by atoms with E-state index < -0.39 is 11.8 Å². The van der Waals surface area contributed by atoms with Gasteiger partial charge in [0.1, 0.15) is 0 Å². The second kappa shape index (κ2) is 9.47. The number of nitrogens with one attached hydrogen (secondary N) is 2. The van der Waals surface area contributed by atoms with Crippen LogP contribution in [-0.2, 0) is 16.6 Å². The molecule has 1 aromatic carbocycles. The molecule has 1 aromatic heterocycles. The topological polar surface area (TPSA) is 84.8 Å². The van der Waals surface area contributed by atoms with E-state index in [4.69, 9.17) is 9.47 Å². The van der Waals surface area contributed by atoms with Gasteiger partial charge in [-0.05, 0) is 50.2 Å². The van der Waals surface area contributed by atoms with Crippen molar-refractivity contribution in [2.45, 2.75) is 18.9 Å². The van der Waals surface area contributed by atoms with Crippen molar-refractivity contribution < 1.29 is 19.1 Å². The molecule has 2 aromatic rings. The highest BCUT2D eigenvalue weighted by molar-refractivity contribution is 6.39. The lowest BCUT2D eigenvalue weighted by atomic mass is 10.1. The first-order valence-electron chi connectivity index (χ1n) is 9.70. The summed E-state index contributed by atoms with van der Waals surface area (Å²) in [5.41, 5.74) is 1.58. The van der Waals surface area contributed by atoms with Gasteiger partial charge in [0.05, 0.1) is 20.3 Å². The Balaban J connectivity index is 1.62. The van der Waals surface area contributed by atoms with E-state index in [-0.39, 0.29) is 6.04 Å². The molecular weight excluding hydrogens is 372 g/mol. The smallest absolute Gasteiger partial charge is 0.313 e. The average molecular weight is 400 g/mol. The molecule has 2 heterocycles. The highest BCUT2D eigenvalue weighted by atomic mass is 16.5. The lowest BCUT2D eigenvalue weighted by Crippen LogP contribution is -2.41. The summed E-state index contributed by atoms with van der Waals surface area (Å²) in [5, 5.41) is 5.39. The van der Waals surface area contributed by atoms with Gasteiger partial charge in [-0.25, -0.2) is 0 Å². The van der Waals surface area contributed by atoms with Gasteiger partial charge in [0, 0.05) is 37.2 Å². The number of amides is 2. The minimum absolute atomic E-state index is 0.0373. The van der Waals surface area contributed by atoms with Crippen LogP contribution in [0.4, 0.5) is 5.69 Å². The molecule has 29 heavy (non-hydrogen) atoms. The van der Waals surface area contributed by atoms with Gasteiger partial charge in [-0.2, -0.15) is 0 Å². The van der Waals surface area contributed by atoms with E-state index in [1.54, 1.807) is 18.2 Å². The summed E-state index contributed by atoms with van der Waals surface area (Å²) in [6, 6.07) is 9.02. The van der Waals surface area contributed by atoms with Crippen molar-refractivity contribution in [1.82, 2.24) is 14.8 Å². The molecule has 8 nitrogen and oxygen atoms in total. The first kappa shape index (κ1) is 20.7. The van der Waals surface area contributed by atoms with Crippen molar-refractivity contribution in [2.24, 2.45) is 7.05 Å². The number of rotatable bonds is 7. The number of benzene rings is 1. The van der Waals surface area contributed by atoms with Crippen LogP contribution in [0.1, 0.15) is 24.6 Å². The van der Waals surface area contributed by atoms with Crippen LogP contribution >= 0.6 is 0 Å². The molecule has 8 heteroatoms. The zero-order chi connectivity index (χ0) is 20.8. The van der Waals surface area contributed by atoms with Gasteiger partial charge in [-0.1, -0.05) is 0 Å². The van der Waals surface area contributed by atoms with E-state index in [0.29, 0.717) is 23.7 Å². The number of methoxy groups -OCH3 is 2. The third kappa shape index (κ3) is 4.89. The maximum atomic E-state index is 12.4. The van der Waals surface area contributed by atoms with Crippen LogP contribution in [0.15, 0.2) is 36.5 Å². The average Bonchev–Trinajstić information content (AvgIpc) is 3.40. The Labute approximate surface area is 170 Å². The number of hydrogen-bond donors (Lipinski definition) is 2. The molecular formula is C21H28N4O4. The van der Waals surface area contributed by atoms with Crippen LogP contribution in [0, 0.1) is 0 Å². The molecule has 2 N–H and O–H groups in total. The van der Waals surface area contributed by atoms with Gasteiger partial charge in [-0.3, -0.25) is 14.5 Å². The van der Waals surface area contributed by atoms with E-state index in [0.717, 1.165) is 31.6 Å². The number of carbonyl (C=O) groups is 2. The van der Waals surface area contributed by atoms with Crippen molar-refractivity contribution in [1.29, 1.82) is 0 Å². The van der Waals surface area contributed by atoms with Gasteiger partial charge in [0.2, 0.25) is 0 Å². The van der Waals surface area contributed by atoms with E-state index in [1.807, 2.05) is 19.3 Å². The molecule has 156 valence electrons.